The molecule has 1 fully saturated rings. The molecule has 1 aliphatic rings. The van der Waals surface area contributed by atoms with Crippen molar-refractivity contribution < 1.29 is 4.79 Å². The van der Waals surface area contributed by atoms with Crippen LogP contribution >= 0.6 is 11.3 Å². The van der Waals surface area contributed by atoms with Gasteiger partial charge in [0, 0.05) is 13.1 Å². The van der Waals surface area contributed by atoms with E-state index in [1.165, 1.54) is 22.5 Å². The van der Waals surface area contributed by atoms with Gasteiger partial charge in [0.15, 0.2) is 0 Å². The van der Waals surface area contributed by atoms with E-state index in [1.54, 1.807) is 0 Å². The quantitative estimate of drug-likeness (QED) is 0.942. The van der Waals surface area contributed by atoms with Crippen molar-refractivity contribution in [1.82, 2.24) is 15.1 Å². The van der Waals surface area contributed by atoms with Crippen LogP contribution in [0, 0.1) is 13.8 Å². The molecule has 0 bridgehead atoms. The molecule has 3 rings (SSSR count). The summed E-state index contributed by atoms with van der Waals surface area (Å²) in [6.45, 7) is 5.42. The van der Waals surface area contributed by atoms with E-state index in [9.17, 15) is 4.79 Å². The van der Waals surface area contributed by atoms with Crippen LogP contribution in [0.1, 0.15) is 22.6 Å². The predicted octanol–water partition coefficient (Wildman–Crippen LogP) is 2.37. The number of carbonyl (C=O) groups is 1. The maximum absolute atomic E-state index is 12.4. The molecule has 21 heavy (non-hydrogen) atoms. The second kappa shape index (κ2) is 5.81. The minimum atomic E-state index is -0.178. The first kappa shape index (κ1) is 14.0. The van der Waals surface area contributed by atoms with Crippen molar-refractivity contribution in [2.24, 2.45) is 0 Å². The van der Waals surface area contributed by atoms with Crippen molar-refractivity contribution in [3.63, 3.8) is 0 Å². The highest BCUT2D eigenvalue weighted by molar-refractivity contribution is 7.15. The Kier molecular flexibility index (Phi) is 3.88. The van der Waals surface area contributed by atoms with Crippen molar-refractivity contribution in [1.29, 1.82) is 0 Å². The monoisotopic (exact) mass is 302 g/mol. The summed E-state index contributed by atoms with van der Waals surface area (Å²) in [6, 6.07) is 8.14. The van der Waals surface area contributed by atoms with Crippen molar-refractivity contribution >= 4 is 22.4 Å². The molecular weight excluding hydrogens is 284 g/mol. The second-order valence-corrected chi connectivity index (χ2v) is 6.54. The lowest BCUT2D eigenvalue weighted by Gasteiger charge is -2.17. The van der Waals surface area contributed by atoms with Gasteiger partial charge in [-0.05, 0) is 25.8 Å². The molecule has 2 aromatic rings. The van der Waals surface area contributed by atoms with Gasteiger partial charge in [0.05, 0.1) is 0 Å². The van der Waals surface area contributed by atoms with Gasteiger partial charge in [0.1, 0.15) is 11.0 Å². The van der Waals surface area contributed by atoms with Gasteiger partial charge in [0.25, 0.3) is 0 Å². The number of anilines is 1. The zero-order valence-electron chi connectivity index (χ0n) is 12.2. The SMILES string of the molecule is Cc1ccc(CN2CCC(Nc3nnc(C)s3)C2=O)cc1. The Morgan fingerprint density at radius 2 is 2.05 bits per heavy atom. The third kappa shape index (κ3) is 3.21. The molecule has 5 nitrogen and oxygen atoms in total. The summed E-state index contributed by atoms with van der Waals surface area (Å²) in [5.74, 6) is 0.142. The van der Waals surface area contributed by atoms with E-state index in [4.69, 9.17) is 0 Å². The van der Waals surface area contributed by atoms with Crippen LogP contribution in [0.5, 0.6) is 0 Å². The summed E-state index contributed by atoms with van der Waals surface area (Å²) in [4.78, 5) is 14.3. The van der Waals surface area contributed by atoms with Crippen LogP contribution in [0.2, 0.25) is 0 Å². The molecule has 0 aliphatic carbocycles. The van der Waals surface area contributed by atoms with E-state index in [0.29, 0.717) is 6.54 Å². The minimum Gasteiger partial charge on any atom is -0.348 e. The van der Waals surface area contributed by atoms with E-state index < -0.39 is 0 Å². The van der Waals surface area contributed by atoms with E-state index in [1.807, 2.05) is 11.8 Å². The summed E-state index contributed by atoms with van der Waals surface area (Å²) < 4.78 is 0. The number of rotatable bonds is 4. The predicted molar refractivity (Wildman–Crippen MR) is 83.3 cm³/mol. The largest absolute Gasteiger partial charge is 0.348 e. The fraction of sp³-hybridized carbons (Fsp3) is 0.400. The van der Waals surface area contributed by atoms with E-state index in [2.05, 4.69) is 46.7 Å². The van der Waals surface area contributed by atoms with Crippen LogP contribution in [0.3, 0.4) is 0 Å². The van der Waals surface area contributed by atoms with Crippen molar-refractivity contribution in [3.8, 4) is 0 Å². The van der Waals surface area contributed by atoms with E-state index in [-0.39, 0.29) is 11.9 Å². The number of benzene rings is 1. The van der Waals surface area contributed by atoms with Crippen LogP contribution in [0.4, 0.5) is 5.13 Å². The number of hydrogen-bond acceptors (Lipinski definition) is 5. The van der Waals surface area contributed by atoms with Gasteiger partial charge < -0.3 is 10.2 Å². The summed E-state index contributed by atoms with van der Waals surface area (Å²) >= 11 is 1.48. The lowest BCUT2D eigenvalue weighted by Crippen LogP contribution is -2.33. The summed E-state index contributed by atoms with van der Waals surface area (Å²) in [6.07, 6.45) is 0.809. The third-order valence-electron chi connectivity index (χ3n) is 3.62. The molecule has 0 radical (unpaired) electrons. The highest BCUT2D eigenvalue weighted by atomic mass is 32.1. The van der Waals surface area contributed by atoms with Crippen molar-refractivity contribution in [3.05, 3.63) is 40.4 Å². The first-order valence-corrected chi connectivity index (χ1v) is 7.84. The van der Waals surface area contributed by atoms with Gasteiger partial charge in [-0.3, -0.25) is 4.79 Å². The van der Waals surface area contributed by atoms with Crippen molar-refractivity contribution in [2.45, 2.75) is 32.9 Å². The molecule has 2 heterocycles. The first-order chi connectivity index (χ1) is 10.1. The lowest BCUT2D eigenvalue weighted by atomic mass is 10.1. The molecule has 1 atom stereocenters. The minimum absolute atomic E-state index is 0.142. The Balaban J connectivity index is 1.62. The number of nitrogens with one attached hydrogen (secondary N) is 1. The molecular formula is C15H18N4OS. The molecule has 1 aromatic heterocycles. The molecule has 110 valence electrons. The molecule has 1 amide bonds. The number of aromatic nitrogens is 2. The van der Waals surface area contributed by atoms with Crippen LogP contribution < -0.4 is 5.32 Å². The fourth-order valence-corrected chi connectivity index (χ4v) is 3.09. The molecule has 1 aliphatic heterocycles. The van der Waals surface area contributed by atoms with Gasteiger partial charge in [-0.1, -0.05) is 41.2 Å². The summed E-state index contributed by atoms with van der Waals surface area (Å²) in [7, 11) is 0. The van der Waals surface area contributed by atoms with Gasteiger partial charge in [-0.2, -0.15) is 0 Å². The standard InChI is InChI=1S/C15H18N4OS/c1-10-3-5-12(6-4-10)9-19-8-7-13(14(19)20)16-15-18-17-11(2)21-15/h3-6,13H,7-9H2,1-2H3,(H,16,18). The van der Waals surface area contributed by atoms with E-state index in [0.717, 1.165) is 23.1 Å². The van der Waals surface area contributed by atoms with Crippen LogP contribution in [0.15, 0.2) is 24.3 Å². The third-order valence-corrected chi connectivity index (χ3v) is 4.39. The Hall–Kier alpha value is -1.95. The number of amides is 1. The number of hydrogen-bond donors (Lipinski definition) is 1. The smallest absolute Gasteiger partial charge is 0.245 e. The van der Waals surface area contributed by atoms with Gasteiger partial charge >= 0.3 is 0 Å². The second-order valence-electron chi connectivity index (χ2n) is 5.36. The number of nitrogens with zero attached hydrogens (tertiary/aromatic N) is 3. The zero-order chi connectivity index (χ0) is 14.8. The molecule has 0 spiro atoms. The molecule has 1 aromatic carbocycles. The highest BCUT2D eigenvalue weighted by Gasteiger charge is 2.32. The molecule has 6 heteroatoms. The number of carbonyl (C=O) groups excluding carboxylic acids is 1. The molecule has 1 saturated heterocycles. The summed E-state index contributed by atoms with van der Waals surface area (Å²) in [5.41, 5.74) is 2.40. The molecule has 1 N–H and O–H groups in total. The fourth-order valence-electron chi connectivity index (χ4n) is 2.45. The number of likely N-dealkylation sites (tertiary alicyclic amines) is 1. The average Bonchev–Trinajstić information content (AvgIpc) is 3.02. The molecule has 0 saturated carbocycles. The maximum atomic E-state index is 12.4. The van der Waals surface area contributed by atoms with Crippen LogP contribution in [0.25, 0.3) is 0 Å². The zero-order valence-corrected chi connectivity index (χ0v) is 13.0. The summed E-state index contributed by atoms with van der Waals surface area (Å²) in [5, 5.41) is 12.8. The lowest BCUT2D eigenvalue weighted by molar-refractivity contribution is -0.128. The first-order valence-electron chi connectivity index (χ1n) is 7.03. The normalized spacial score (nSPS) is 18.3. The van der Waals surface area contributed by atoms with Crippen molar-refractivity contribution in [2.75, 3.05) is 11.9 Å². The Labute approximate surface area is 128 Å². The highest BCUT2D eigenvalue weighted by Crippen LogP contribution is 2.21. The Bertz CT molecular complexity index is 637. The van der Waals surface area contributed by atoms with Crippen LogP contribution in [-0.2, 0) is 11.3 Å². The Morgan fingerprint density at radius 3 is 2.71 bits per heavy atom. The topological polar surface area (TPSA) is 58.1 Å². The van der Waals surface area contributed by atoms with Crippen LogP contribution in [-0.4, -0.2) is 33.6 Å². The number of aryl methyl sites for hydroxylation is 2. The average molecular weight is 302 g/mol. The van der Waals surface area contributed by atoms with Gasteiger partial charge in [0.2, 0.25) is 11.0 Å². The maximum Gasteiger partial charge on any atom is 0.245 e. The van der Waals surface area contributed by atoms with E-state index >= 15 is 0 Å². The Morgan fingerprint density at radius 1 is 1.29 bits per heavy atom. The van der Waals surface area contributed by atoms with Gasteiger partial charge in [-0.15, -0.1) is 10.2 Å². The molecule has 1 unspecified atom stereocenters. The van der Waals surface area contributed by atoms with Gasteiger partial charge in [-0.25, -0.2) is 0 Å².